The zero-order chi connectivity index (χ0) is 10.8. The lowest BCUT2D eigenvalue weighted by atomic mass is 10.1. The van der Waals surface area contributed by atoms with Crippen LogP contribution in [0, 0.1) is 0 Å². The van der Waals surface area contributed by atoms with Crippen LogP contribution in [0.3, 0.4) is 0 Å². The van der Waals surface area contributed by atoms with Gasteiger partial charge in [-0.25, -0.2) is 4.79 Å². The van der Waals surface area contributed by atoms with E-state index in [9.17, 15) is 4.79 Å². The van der Waals surface area contributed by atoms with E-state index in [1.165, 1.54) is 25.3 Å². The Morgan fingerprint density at radius 3 is 2.64 bits per heavy atom. The topological polar surface area (TPSA) is 26.3 Å². The van der Waals surface area contributed by atoms with Crippen LogP contribution in [0.25, 0.3) is 0 Å². The fourth-order valence-electron chi connectivity index (χ4n) is 1.29. The van der Waals surface area contributed by atoms with Crippen LogP contribution in [0.4, 0.5) is 0 Å². The zero-order valence-corrected chi connectivity index (χ0v) is 9.58. The van der Waals surface area contributed by atoms with Crippen molar-refractivity contribution >= 4 is 5.97 Å². The first-order chi connectivity index (χ1) is 6.70. The molecule has 2 heteroatoms. The summed E-state index contributed by atoms with van der Waals surface area (Å²) in [7, 11) is 0. The Hall–Kier alpha value is -0.790. The van der Waals surface area contributed by atoms with Crippen LogP contribution in [0.1, 0.15) is 52.9 Å². The van der Waals surface area contributed by atoms with E-state index in [0.29, 0.717) is 0 Å². The molecular weight excluding hydrogens is 176 g/mol. The van der Waals surface area contributed by atoms with Crippen molar-refractivity contribution in [3.63, 3.8) is 0 Å². The first-order valence-corrected chi connectivity index (χ1v) is 5.54. The number of carbonyl (C=O) groups is 1. The standard InChI is InChI=1S/C12H22O2/c1-4-6-7-8-10-11(3)14-12(13)9-5-2/h5,9,11H,4,6-8,10H2,1-3H3. The van der Waals surface area contributed by atoms with Gasteiger partial charge in [0.25, 0.3) is 0 Å². The molecule has 0 amide bonds. The van der Waals surface area contributed by atoms with Crippen LogP contribution < -0.4 is 0 Å². The van der Waals surface area contributed by atoms with Crippen molar-refractivity contribution in [2.45, 2.75) is 59.0 Å². The van der Waals surface area contributed by atoms with E-state index in [-0.39, 0.29) is 12.1 Å². The lowest BCUT2D eigenvalue weighted by Gasteiger charge is -2.11. The number of allylic oxidation sites excluding steroid dienone is 1. The Morgan fingerprint density at radius 2 is 2.07 bits per heavy atom. The van der Waals surface area contributed by atoms with Gasteiger partial charge in [0.1, 0.15) is 0 Å². The Morgan fingerprint density at radius 1 is 1.36 bits per heavy atom. The van der Waals surface area contributed by atoms with Crippen LogP contribution in [0.5, 0.6) is 0 Å². The molecule has 0 aromatic carbocycles. The summed E-state index contributed by atoms with van der Waals surface area (Å²) >= 11 is 0. The maximum Gasteiger partial charge on any atom is 0.330 e. The number of esters is 1. The Kier molecular flexibility index (Phi) is 8.30. The summed E-state index contributed by atoms with van der Waals surface area (Å²) in [5.74, 6) is -0.226. The normalized spacial score (nSPS) is 13.1. The number of hydrogen-bond acceptors (Lipinski definition) is 2. The highest BCUT2D eigenvalue weighted by atomic mass is 16.5. The smallest absolute Gasteiger partial charge is 0.330 e. The van der Waals surface area contributed by atoms with Gasteiger partial charge in [-0.2, -0.15) is 0 Å². The average molecular weight is 198 g/mol. The molecule has 0 aliphatic carbocycles. The molecule has 1 unspecified atom stereocenters. The molecule has 0 aromatic rings. The Bertz CT molecular complexity index is 173. The Balaban J connectivity index is 3.44. The van der Waals surface area contributed by atoms with E-state index in [1.807, 2.05) is 13.8 Å². The highest BCUT2D eigenvalue weighted by Gasteiger charge is 2.05. The number of hydrogen-bond donors (Lipinski definition) is 0. The average Bonchev–Trinajstić information content (AvgIpc) is 2.13. The van der Waals surface area contributed by atoms with Gasteiger partial charge in [-0.15, -0.1) is 0 Å². The summed E-state index contributed by atoms with van der Waals surface area (Å²) in [4.78, 5) is 11.0. The monoisotopic (exact) mass is 198 g/mol. The molecule has 0 spiro atoms. The molecule has 0 fully saturated rings. The van der Waals surface area contributed by atoms with E-state index >= 15 is 0 Å². The third kappa shape index (κ3) is 7.84. The van der Waals surface area contributed by atoms with Gasteiger partial charge in [-0.1, -0.05) is 32.3 Å². The first kappa shape index (κ1) is 13.2. The minimum Gasteiger partial charge on any atom is -0.460 e. The van der Waals surface area contributed by atoms with Crippen LogP contribution in [-0.4, -0.2) is 12.1 Å². The van der Waals surface area contributed by atoms with E-state index in [4.69, 9.17) is 4.74 Å². The second-order valence-electron chi connectivity index (χ2n) is 3.60. The fraction of sp³-hybridized carbons (Fsp3) is 0.750. The summed E-state index contributed by atoms with van der Waals surface area (Å²) in [6, 6.07) is 0. The molecule has 0 radical (unpaired) electrons. The minimum absolute atomic E-state index is 0.0514. The summed E-state index contributed by atoms with van der Waals surface area (Å²) in [5, 5.41) is 0. The fourth-order valence-corrected chi connectivity index (χ4v) is 1.29. The van der Waals surface area contributed by atoms with Crippen molar-refractivity contribution in [1.82, 2.24) is 0 Å². The van der Waals surface area contributed by atoms with Crippen LogP contribution in [0.15, 0.2) is 12.2 Å². The second-order valence-corrected chi connectivity index (χ2v) is 3.60. The highest BCUT2D eigenvalue weighted by molar-refractivity contribution is 5.81. The van der Waals surface area contributed by atoms with E-state index in [2.05, 4.69) is 6.92 Å². The molecule has 82 valence electrons. The van der Waals surface area contributed by atoms with Gasteiger partial charge in [-0.3, -0.25) is 0 Å². The molecule has 0 bridgehead atoms. The van der Waals surface area contributed by atoms with Crippen molar-refractivity contribution in [2.75, 3.05) is 0 Å². The predicted octanol–water partition coefficient (Wildman–Crippen LogP) is 3.46. The van der Waals surface area contributed by atoms with Crippen molar-refractivity contribution in [3.8, 4) is 0 Å². The Labute approximate surface area is 87.3 Å². The zero-order valence-electron chi connectivity index (χ0n) is 9.58. The second kappa shape index (κ2) is 8.79. The maximum atomic E-state index is 11.0. The maximum absolute atomic E-state index is 11.0. The molecule has 0 aliphatic rings. The predicted molar refractivity (Wildman–Crippen MR) is 59.1 cm³/mol. The molecule has 0 heterocycles. The molecule has 0 saturated heterocycles. The summed E-state index contributed by atoms with van der Waals surface area (Å²) in [6.45, 7) is 5.95. The number of unbranched alkanes of at least 4 members (excludes halogenated alkanes) is 3. The molecule has 0 aromatic heterocycles. The highest BCUT2D eigenvalue weighted by Crippen LogP contribution is 2.08. The number of carbonyl (C=O) groups excluding carboxylic acids is 1. The quantitative estimate of drug-likeness (QED) is 0.356. The van der Waals surface area contributed by atoms with Gasteiger partial charge in [0.2, 0.25) is 0 Å². The van der Waals surface area contributed by atoms with Gasteiger partial charge in [-0.05, 0) is 26.7 Å². The van der Waals surface area contributed by atoms with Gasteiger partial charge in [0, 0.05) is 6.08 Å². The van der Waals surface area contributed by atoms with Crippen LogP contribution >= 0.6 is 0 Å². The van der Waals surface area contributed by atoms with Crippen molar-refractivity contribution in [1.29, 1.82) is 0 Å². The van der Waals surface area contributed by atoms with Crippen LogP contribution in [0.2, 0.25) is 0 Å². The molecule has 14 heavy (non-hydrogen) atoms. The van der Waals surface area contributed by atoms with Gasteiger partial charge in [0.05, 0.1) is 6.10 Å². The van der Waals surface area contributed by atoms with Crippen molar-refractivity contribution < 1.29 is 9.53 Å². The van der Waals surface area contributed by atoms with E-state index < -0.39 is 0 Å². The lowest BCUT2D eigenvalue weighted by molar-refractivity contribution is -0.142. The van der Waals surface area contributed by atoms with Crippen molar-refractivity contribution in [3.05, 3.63) is 12.2 Å². The van der Waals surface area contributed by atoms with Crippen LogP contribution in [-0.2, 0) is 9.53 Å². The molecule has 1 atom stereocenters. The SMILES string of the molecule is CC=CC(=O)OC(C)CCCCCC. The van der Waals surface area contributed by atoms with Gasteiger partial charge < -0.3 is 4.74 Å². The van der Waals surface area contributed by atoms with Crippen molar-refractivity contribution in [2.24, 2.45) is 0 Å². The first-order valence-electron chi connectivity index (χ1n) is 5.54. The van der Waals surface area contributed by atoms with E-state index in [1.54, 1.807) is 6.08 Å². The summed E-state index contributed by atoms with van der Waals surface area (Å²) in [6.07, 6.45) is 9.09. The molecule has 0 saturated carbocycles. The largest absolute Gasteiger partial charge is 0.460 e. The summed E-state index contributed by atoms with van der Waals surface area (Å²) in [5.41, 5.74) is 0. The summed E-state index contributed by atoms with van der Waals surface area (Å²) < 4.78 is 5.15. The molecular formula is C12H22O2. The van der Waals surface area contributed by atoms with Gasteiger partial charge in [0.15, 0.2) is 0 Å². The molecule has 2 nitrogen and oxygen atoms in total. The third-order valence-corrected chi connectivity index (χ3v) is 2.08. The molecule has 0 N–H and O–H groups in total. The number of rotatable bonds is 7. The third-order valence-electron chi connectivity index (χ3n) is 2.08. The molecule has 0 aliphatic heterocycles. The molecule has 0 rings (SSSR count). The van der Waals surface area contributed by atoms with E-state index in [0.717, 1.165) is 12.8 Å². The lowest BCUT2D eigenvalue weighted by Crippen LogP contribution is -2.12. The minimum atomic E-state index is -0.226. The number of ether oxygens (including phenoxy) is 1. The van der Waals surface area contributed by atoms with Gasteiger partial charge >= 0.3 is 5.97 Å².